The van der Waals surface area contributed by atoms with Crippen molar-refractivity contribution >= 4 is 5.91 Å². The standard InChI is InChI=1S/C16H19F2N3O2/c17-13-2-3-15(18)14(12-13)16(22)21(5-1-4-19)7-6-20-8-10-23-11-9-20/h2-3,12H,1,5-11H2. The van der Waals surface area contributed by atoms with Gasteiger partial charge in [-0.05, 0) is 18.2 Å². The van der Waals surface area contributed by atoms with E-state index in [-0.39, 0.29) is 18.5 Å². The first-order chi connectivity index (χ1) is 11.1. The van der Waals surface area contributed by atoms with Crippen LogP contribution in [-0.2, 0) is 4.74 Å². The van der Waals surface area contributed by atoms with Crippen LogP contribution in [0.3, 0.4) is 0 Å². The number of amides is 1. The van der Waals surface area contributed by atoms with Crippen molar-refractivity contribution in [2.24, 2.45) is 0 Å². The summed E-state index contributed by atoms with van der Waals surface area (Å²) in [5, 5.41) is 8.73. The van der Waals surface area contributed by atoms with E-state index in [9.17, 15) is 13.6 Å². The summed E-state index contributed by atoms with van der Waals surface area (Å²) in [6.07, 6.45) is 0.145. The first-order valence-corrected chi connectivity index (χ1v) is 7.53. The third-order valence-electron chi connectivity index (χ3n) is 3.73. The molecule has 7 heteroatoms. The Labute approximate surface area is 134 Å². The molecular formula is C16H19F2N3O2. The molecular weight excluding hydrogens is 304 g/mol. The molecule has 124 valence electrons. The summed E-state index contributed by atoms with van der Waals surface area (Å²) in [5.41, 5.74) is -0.301. The van der Waals surface area contributed by atoms with E-state index in [0.29, 0.717) is 26.3 Å². The van der Waals surface area contributed by atoms with Gasteiger partial charge >= 0.3 is 0 Å². The Kier molecular flexibility index (Phi) is 6.44. The van der Waals surface area contributed by atoms with Crippen molar-refractivity contribution in [3.8, 4) is 6.07 Å². The van der Waals surface area contributed by atoms with Gasteiger partial charge in [-0.3, -0.25) is 9.69 Å². The third kappa shape index (κ3) is 4.98. The average molecular weight is 323 g/mol. The van der Waals surface area contributed by atoms with Crippen LogP contribution in [0.25, 0.3) is 0 Å². The van der Waals surface area contributed by atoms with Gasteiger partial charge in [0.25, 0.3) is 5.91 Å². The maximum Gasteiger partial charge on any atom is 0.257 e. The Morgan fingerprint density at radius 1 is 1.30 bits per heavy atom. The molecule has 1 saturated heterocycles. The zero-order valence-electron chi connectivity index (χ0n) is 12.8. The Morgan fingerprint density at radius 2 is 2.04 bits per heavy atom. The van der Waals surface area contributed by atoms with E-state index in [1.54, 1.807) is 0 Å². The van der Waals surface area contributed by atoms with Crippen LogP contribution < -0.4 is 0 Å². The number of rotatable bonds is 6. The molecule has 0 radical (unpaired) electrons. The Bertz CT molecular complexity index is 583. The molecule has 0 aliphatic carbocycles. The maximum absolute atomic E-state index is 13.8. The van der Waals surface area contributed by atoms with Crippen molar-refractivity contribution in [1.82, 2.24) is 9.80 Å². The highest BCUT2D eigenvalue weighted by molar-refractivity contribution is 5.94. The lowest BCUT2D eigenvalue weighted by Gasteiger charge is -2.30. The lowest BCUT2D eigenvalue weighted by Crippen LogP contribution is -2.43. The predicted octanol–water partition coefficient (Wildman–Crippen LogP) is 1.65. The summed E-state index contributed by atoms with van der Waals surface area (Å²) in [5.74, 6) is -2.02. The van der Waals surface area contributed by atoms with Crippen LogP contribution in [0, 0.1) is 23.0 Å². The van der Waals surface area contributed by atoms with Crippen molar-refractivity contribution in [3.63, 3.8) is 0 Å². The molecule has 1 aromatic rings. The number of halogens is 2. The fourth-order valence-corrected chi connectivity index (χ4v) is 2.42. The van der Waals surface area contributed by atoms with Crippen molar-refractivity contribution in [1.29, 1.82) is 5.26 Å². The molecule has 2 rings (SSSR count). The fraction of sp³-hybridized carbons (Fsp3) is 0.500. The van der Waals surface area contributed by atoms with E-state index in [1.165, 1.54) is 4.90 Å². The second-order valence-electron chi connectivity index (χ2n) is 5.28. The molecule has 0 aromatic heterocycles. The summed E-state index contributed by atoms with van der Waals surface area (Å²) in [6.45, 7) is 3.99. The lowest BCUT2D eigenvalue weighted by molar-refractivity contribution is 0.0325. The normalized spacial score (nSPS) is 15.2. The monoisotopic (exact) mass is 323 g/mol. The van der Waals surface area contributed by atoms with Gasteiger partial charge < -0.3 is 9.64 Å². The summed E-state index contributed by atoms with van der Waals surface area (Å²) in [6, 6.07) is 4.78. The number of benzene rings is 1. The average Bonchev–Trinajstić information content (AvgIpc) is 2.57. The minimum Gasteiger partial charge on any atom is -0.379 e. The highest BCUT2D eigenvalue weighted by atomic mass is 19.1. The Hall–Kier alpha value is -2.04. The molecule has 0 N–H and O–H groups in total. The SMILES string of the molecule is N#CCCN(CCN1CCOCC1)C(=O)c1cc(F)ccc1F. The van der Waals surface area contributed by atoms with Gasteiger partial charge in [0, 0.05) is 32.7 Å². The van der Waals surface area contributed by atoms with Crippen LogP contribution in [0.1, 0.15) is 16.8 Å². The lowest BCUT2D eigenvalue weighted by atomic mass is 10.1. The van der Waals surface area contributed by atoms with E-state index < -0.39 is 17.5 Å². The van der Waals surface area contributed by atoms with Gasteiger partial charge in [-0.2, -0.15) is 5.26 Å². The number of hydrogen-bond acceptors (Lipinski definition) is 4. The van der Waals surface area contributed by atoms with Crippen LogP contribution in [0.2, 0.25) is 0 Å². The molecule has 0 spiro atoms. The number of morpholine rings is 1. The quantitative estimate of drug-likeness (QED) is 0.799. The molecule has 0 bridgehead atoms. The molecule has 0 atom stereocenters. The highest BCUT2D eigenvalue weighted by Gasteiger charge is 2.21. The van der Waals surface area contributed by atoms with Crippen molar-refractivity contribution in [2.75, 3.05) is 45.9 Å². The van der Waals surface area contributed by atoms with E-state index in [1.807, 2.05) is 6.07 Å². The molecule has 1 amide bonds. The van der Waals surface area contributed by atoms with Crippen LogP contribution in [-0.4, -0.2) is 61.6 Å². The summed E-state index contributed by atoms with van der Waals surface area (Å²) < 4.78 is 32.3. The smallest absolute Gasteiger partial charge is 0.257 e. The fourth-order valence-electron chi connectivity index (χ4n) is 2.42. The van der Waals surface area contributed by atoms with Crippen molar-refractivity contribution in [2.45, 2.75) is 6.42 Å². The van der Waals surface area contributed by atoms with Gasteiger partial charge in [-0.1, -0.05) is 0 Å². The molecule has 1 aromatic carbocycles. The van der Waals surface area contributed by atoms with E-state index >= 15 is 0 Å². The number of nitriles is 1. The number of carbonyl (C=O) groups excluding carboxylic acids is 1. The van der Waals surface area contributed by atoms with Gasteiger partial charge in [-0.15, -0.1) is 0 Å². The molecule has 0 unspecified atom stereocenters. The van der Waals surface area contributed by atoms with Crippen LogP contribution in [0.4, 0.5) is 8.78 Å². The van der Waals surface area contributed by atoms with Gasteiger partial charge in [0.05, 0.1) is 31.3 Å². The number of ether oxygens (including phenoxy) is 1. The van der Waals surface area contributed by atoms with Gasteiger partial charge in [0.15, 0.2) is 0 Å². The first kappa shape index (κ1) is 17.3. The summed E-state index contributed by atoms with van der Waals surface area (Å²) >= 11 is 0. The highest BCUT2D eigenvalue weighted by Crippen LogP contribution is 2.13. The number of hydrogen-bond donors (Lipinski definition) is 0. The van der Waals surface area contributed by atoms with Crippen LogP contribution in [0.15, 0.2) is 18.2 Å². The van der Waals surface area contributed by atoms with Gasteiger partial charge in [-0.25, -0.2) is 8.78 Å². The molecule has 1 heterocycles. The zero-order chi connectivity index (χ0) is 16.7. The molecule has 1 aliphatic rings. The van der Waals surface area contributed by atoms with Crippen molar-refractivity contribution in [3.05, 3.63) is 35.4 Å². The Balaban J connectivity index is 2.05. The molecule has 23 heavy (non-hydrogen) atoms. The Morgan fingerprint density at radius 3 is 2.74 bits per heavy atom. The molecule has 5 nitrogen and oxygen atoms in total. The number of nitrogens with zero attached hydrogens (tertiary/aromatic N) is 3. The largest absolute Gasteiger partial charge is 0.379 e. The second kappa shape index (κ2) is 8.56. The van der Waals surface area contributed by atoms with Gasteiger partial charge in [0.1, 0.15) is 11.6 Å². The van der Waals surface area contributed by atoms with Crippen LogP contribution in [0.5, 0.6) is 0 Å². The van der Waals surface area contributed by atoms with Gasteiger partial charge in [0.2, 0.25) is 0 Å². The summed E-state index contributed by atoms with van der Waals surface area (Å²) in [7, 11) is 0. The second-order valence-corrected chi connectivity index (χ2v) is 5.28. The third-order valence-corrected chi connectivity index (χ3v) is 3.73. The van der Waals surface area contributed by atoms with Crippen LogP contribution >= 0.6 is 0 Å². The maximum atomic E-state index is 13.8. The molecule has 1 aliphatic heterocycles. The molecule has 1 fully saturated rings. The topological polar surface area (TPSA) is 56.6 Å². The zero-order valence-corrected chi connectivity index (χ0v) is 12.8. The summed E-state index contributed by atoms with van der Waals surface area (Å²) in [4.78, 5) is 16.0. The minimum absolute atomic E-state index is 0.145. The molecule has 0 saturated carbocycles. The first-order valence-electron chi connectivity index (χ1n) is 7.53. The van der Waals surface area contributed by atoms with Crippen molar-refractivity contribution < 1.29 is 18.3 Å². The number of carbonyl (C=O) groups is 1. The van der Waals surface area contributed by atoms with E-state index in [4.69, 9.17) is 10.00 Å². The predicted molar refractivity (Wildman–Crippen MR) is 79.8 cm³/mol. The minimum atomic E-state index is -0.760. The van der Waals surface area contributed by atoms with E-state index in [2.05, 4.69) is 4.90 Å². The van der Waals surface area contributed by atoms with E-state index in [0.717, 1.165) is 31.3 Å².